The van der Waals surface area contributed by atoms with Crippen molar-refractivity contribution in [3.8, 4) is 0 Å². The molecule has 0 fully saturated rings. The largest absolute Gasteiger partial charge is 0.400 e. The van der Waals surface area contributed by atoms with Crippen LogP contribution in [0.3, 0.4) is 0 Å². The number of aromatic nitrogens is 2. The summed E-state index contributed by atoms with van der Waals surface area (Å²) in [6.45, 7) is 4.37. The lowest BCUT2D eigenvalue weighted by atomic mass is 10.2. The minimum absolute atomic E-state index is 0.589. The Morgan fingerprint density at radius 3 is 2.09 bits per heavy atom. The normalized spacial score (nSPS) is 12.4. The second kappa shape index (κ2) is 14.7. The molecule has 4 N–H and O–H groups in total. The maximum atomic E-state index is 6.20. The Balaban J connectivity index is 2.09. The van der Waals surface area contributed by atoms with Gasteiger partial charge in [-0.05, 0) is 24.3 Å². The van der Waals surface area contributed by atoms with Gasteiger partial charge in [0.05, 0.1) is 18.4 Å². The first-order chi connectivity index (χ1) is 16.0. The molecule has 0 unspecified atom stereocenters. The second-order valence-corrected chi connectivity index (χ2v) is 7.71. The van der Waals surface area contributed by atoms with Crippen LogP contribution in [-0.2, 0) is 13.1 Å². The molecule has 0 amide bonds. The number of hydrazine groups is 1. The molecule has 0 bridgehead atoms. The van der Waals surface area contributed by atoms with Gasteiger partial charge in [0.25, 0.3) is 0 Å². The van der Waals surface area contributed by atoms with Gasteiger partial charge in [0.15, 0.2) is 0 Å². The molecule has 10 nitrogen and oxygen atoms in total. The highest BCUT2D eigenvalue weighted by atomic mass is 15.5. The van der Waals surface area contributed by atoms with Crippen molar-refractivity contribution in [3.63, 3.8) is 0 Å². The third-order valence-corrected chi connectivity index (χ3v) is 4.65. The maximum absolute atomic E-state index is 6.20. The summed E-state index contributed by atoms with van der Waals surface area (Å²) >= 11 is 0. The van der Waals surface area contributed by atoms with E-state index in [-0.39, 0.29) is 0 Å². The Morgan fingerprint density at radius 1 is 0.970 bits per heavy atom. The summed E-state index contributed by atoms with van der Waals surface area (Å²) in [5.74, 6) is 5.73. The molecule has 0 atom stereocenters. The van der Waals surface area contributed by atoms with Gasteiger partial charge in [-0.1, -0.05) is 23.4 Å². The summed E-state index contributed by atoms with van der Waals surface area (Å²) in [6, 6.07) is 12.0. The molecule has 0 aliphatic carbocycles. The highest BCUT2D eigenvalue weighted by molar-refractivity contribution is 5.06. The summed E-state index contributed by atoms with van der Waals surface area (Å²) in [6.07, 6.45) is 9.30. The number of hydrogen-bond donors (Lipinski definition) is 2. The Kier molecular flexibility index (Phi) is 11.5. The van der Waals surface area contributed by atoms with Gasteiger partial charge in [-0.3, -0.25) is 24.8 Å². The smallest absolute Gasteiger partial charge is 0.0544 e. The predicted octanol–water partition coefficient (Wildman–Crippen LogP) is 1.83. The Bertz CT molecular complexity index is 826. The number of rotatable bonds is 14. The van der Waals surface area contributed by atoms with Crippen molar-refractivity contribution in [3.05, 3.63) is 84.4 Å². The predicted molar refractivity (Wildman–Crippen MR) is 131 cm³/mol. The fraction of sp³-hybridized carbons (Fsp3) is 0.391. The van der Waals surface area contributed by atoms with Crippen molar-refractivity contribution < 1.29 is 0 Å². The third-order valence-electron chi connectivity index (χ3n) is 4.65. The molecule has 0 aromatic carbocycles. The molecule has 33 heavy (non-hydrogen) atoms. The van der Waals surface area contributed by atoms with Crippen LogP contribution in [0.5, 0.6) is 0 Å². The minimum atomic E-state index is 0.589. The van der Waals surface area contributed by atoms with E-state index in [1.807, 2.05) is 68.1 Å². The first-order valence-corrected chi connectivity index (χ1v) is 10.8. The lowest BCUT2D eigenvalue weighted by Crippen LogP contribution is -2.37. The molecule has 0 aliphatic rings. The Labute approximate surface area is 196 Å². The van der Waals surface area contributed by atoms with Gasteiger partial charge in [-0.2, -0.15) is 5.11 Å². The number of nitrogens with zero attached hydrogens (tertiary/aromatic N) is 8. The SMILES string of the molecule is C/N=N\N(C)/C=C/CN(CCN(Cc1ccccn1)Cc1ccccn1)C/C(N)=C/N(C)N. The quantitative estimate of drug-likeness (QED) is 0.253. The molecule has 0 radical (unpaired) electrons. The first-order valence-electron chi connectivity index (χ1n) is 10.8. The molecule has 0 spiro atoms. The van der Waals surface area contributed by atoms with E-state index < -0.39 is 0 Å². The van der Waals surface area contributed by atoms with Gasteiger partial charge < -0.3 is 10.7 Å². The van der Waals surface area contributed by atoms with Crippen molar-refractivity contribution in [2.45, 2.75) is 13.1 Å². The molecule has 0 aliphatic heterocycles. The van der Waals surface area contributed by atoms with Crippen LogP contribution in [0.1, 0.15) is 11.4 Å². The van der Waals surface area contributed by atoms with Crippen molar-refractivity contribution in [2.75, 3.05) is 47.3 Å². The van der Waals surface area contributed by atoms with Crippen LogP contribution in [-0.4, -0.2) is 77.1 Å². The molecule has 2 heterocycles. The van der Waals surface area contributed by atoms with E-state index in [0.29, 0.717) is 18.8 Å². The molecular formula is C23H36N10. The summed E-state index contributed by atoms with van der Waals surface area (Å²) in [5, 5.41) is 10.9. The van der Waals surface area contributed by atoms with E-state index in [1.54, 1.807) is 25.3 Å². The van der Waals surface area contributed by atoms with E-state index in [1.165, 1.54) is 5.01 Å². The molecule has 2 aromatic heterocycles. The van der Waals surface area contributed by atoms with Gasteiger partial charge in [-0.15, -0.1) is 0 Å². The molecule has 178 valence electrons. The van der Waals surface area contributed by atoms with Crippen LogP contribution in [0.25, 0.3) is 0 Å². The first kappa shape index (κ1) is 25.9. The summed E-state index contributed by atoms with van der Waals surface area (Å²) in [5.41, 5.74) is 8.94. The summed E-state index contributed by atoms with van der Waals surface area (Å²) < 4.78 is 0. The number of nitrogens with two attached hydrogens (primary N) is 2. The van der Waals surface area contributed by atoms with E-state index >= 15 is 0 Å². The topological polar surface area (TPSA) is 116 Å². The van der Waals surface area contributed by atoms with Crippen molar-refractivity contribution in [1.29, 1.82) is 0 Å². The van der Waals surface area contributed by atoms with Crippen LogP contribution in [0.2, 0.25) is 0 Å². The summed E-state index contributed by atoms with van der Waals surface area (Å²) in [4.78, 5) is 13.6. The molecule has 0 saturated carbocycles. The zero-order chi connectivity index (χ0) is 23.9. The fourth-order valence-electron chi connectivity index (χ4n) is 3.25. The van der Waals surface area contributed by atoms with Gasteiger partial charge in [0, 0.05) is 83.9 Å². The van der Waals surface area contributed by atoms with Gasteiger partial charge >= 0.3 is 0 Å². The van der Waals surface area contributed by atoms with Crippen LogP contribution in [0.15, 0.2) is 83.3 Å². The van der Waals surface area contributed by atoms with Gasteiger partial charge in [0.2, 0.25) is 0 Å². The highest BCUT2D eigenvalue weighted by Crippen LogP contribution is 2.08. The van der Waals surface area contributed by atoms with Crippen molar-refractivity contribution in [2.24, 2.45) is 21.9 Å². The van der Waals surface area contributed by atoms with Gasteiger partial charge in [0.1, 0.15) is 0 Å². The lowest BCUT2D eigenvalue weighted by molar-refractivity contribution is 0.204. The van der Waals surface area contributed by atoms with E-state index in [9.17, 15) is 0 Å². The van der Waals surface area contributed by atoms with E-state index in [4.69, 9.17) is 11.6 Å². The zero-order valence-electron chi connectivity index (χ0n) is 19.8. The third kappa shape index (κ3) is 11.2. The Morgan fingerprint density at radius 2 is 1.58 bits per heavy atom. The maximum Gasteiger partial charge on any atom is 0.0544 e. The fourth-order valence-corrected chi connectivity index (χ4v) is 3.25. The van der Waals surface area contributed by atoms with Gasteiger partial charge in [-0.25, -0.2) is 5.84 Å². The van der Waals surface area contributed by atoms with Crippen LogP contribution in [0.4, 0.5) is 0 Å². The molecule has 10 heteroatoms. The van der Waals surface area contributed by atoms with Crippen molar-refractivity contribution >= 4 is 0 Å². The second-order valence-electron chi connectivity index (χ2n) is 7.71. The minimum Gasteiger partial charge on any atom is -0.400 e. The van der Waals surface area contributed by atoms with Crippen molar-refractivity contribution in [1.82, 2.24) is 29.8 Å². The standard InChI is InChI=1S/C23H36N10/c1-26-29-31(3)13-8-14-32(18-21(24)17-30(2)25)15-16-33(19-22-9-4-6-11-27-22)20-23-10-5-7-12-28-23/h4-13,17H,14-16,18-20,24-25H2,1-3H3/b13-8+,21-17-,29-26-. The number of hydrogen-bond acceptors (Lipinski definition) is 9. The monoisotopic (exact) mass is 452 g/mol. The average Bonchev–Trinajstić information content (AvgIpc) is 2.78. The average molecular weight is 453 g/mol. The zero-order valence-corrected chi connectivity index (χ0v) is 19.8. The van der Waals surface area contributed by atoms with E-state index in [0.717, 1.165) is 37.6 Å². The summed E-state index contributed by atoms with van der Waals surface area (Å²) in [7, 11) is 5.24. The molecular weight excluding hydrogens is 416 g/mol. The molecule has 2 aromatic rings. The van der Waals surface area contributed by atoms with Crippen LogP contribution in [0, 0.1) is 0 Å². The highest BCUT2D eigenvalue weighted by Gasteiger charge is 2.12. The molecule has 0 saturated heterocycles. The van der Waals surface area contributed by atoms with E-state index in [2.05, 4.69) is 30.1 Å². The van der Waals surface area contributed by atoms with Crippen LogP contribution < -0.4 is 11.6 Å². The lowest BCUT2D eigenvalue weighted by Gasteiger charge is -2.27. The van der Waals surface area contributed by atoms with Crippen LogP contribution >= 0.6 is 0 Å². The number of pyridine rings is 2. The molecule has 2 rings (SSSR count). The Hall–Kier alpha value is -3.34.